The highest BCUT2D eigenvalue weighted by Gasteiger charge is 2.20. The van der Waals surface area contributed by atoms with Gasteiger partial charge in [0.25, 0.3) is 5.69 Å². The fourth-order valence-electron chi connectivity index (χ4n) is 2.89. The van der Waals surface area contributed by atoms with E-state index in [9.17, 15) is 14.9 Å². The molecule has 3 rings (SSSR count). The van der Waals surface area contributed by atoms with Crippen LogP contribution in [0.5, 0.6) is 11.5 Å². The van der Waals surface area contributed by atoms with E-state index in [4.69, 9.17) is 9.47 Å². The lowest BCUT2D eigenvalue weighted by atomic mass is 10.1. The van der Waals surface area contributed by atoms with E-state index in [1.807, 2.05) is 37.4 Å². The number of aryl methyl sites for hydroxylation is 1. The zero-order chi connectivity index (χ0) is 21.8. The molecule has 0 unspecified atom stereocenters. The van der Waals surface area contributed by atoms with Crippen LogP contribution in [0.1, 0.15) is 23.7 Å². The SMILES string of the molecule is COc1cc([N+](=O)[O-])ccc1OCc1csc(N(C(C)=O)c2cccc(C)c2C)n1. The molecular weight excluding hydrogens is 406 g/mol. The monoisotopic (exact) mass is 427 g/mol. The standard InChI is InChI=1S/C21H21N3O5S/c1-13-6-5-7-18(14(13)2)23(15(3)25)21-22-16(12-30-21)11-29-19-9-8-17(24(26)27)10-20(19)28-4/h5-10,12H,11H2,1-4H3. The summed E-state index contributed by atoms with van der Waals surface area (Å²) in [6.45, 7) is 5.60. The molecule has 9 heteroatoms. The quantitative estimate of drug-likeness (QED) is 0.391. The summed E-state index contributed by atoms with van der Waals surface area (Å²) < 4.78 is 10.9. The van der Waals surface area contributed by atoms with Crippen LogP contribution in [0.2, 0.25) is 0 Å². The Morgan fingerprint density at radius 1 is 1.23 bits per heavy atom. The number of hydrogen-bond donors (Lipinski definition) is 0. The van der Waals surface area contributed by atoms with Crippen molar-refractivity contribution in [2.75, 3.05) is 12.0 Å². The molecule has 0 spiro atoms. The van der Waals surface area contributed by atoms with Crippen molar-refractivity contribution in [1.82, 2.24) is 4.98 Å². The zero-order valence-electron chi connectivity index (χ0n) is 17.0. The van der Waals surface area contributed by atoms with E-state index < -0.39 is 4.92 Å². The maximum atomic E-state index is 12.4. The molecule has 2 aromatic carbocycles. The van der Waals surface area contributed by atoms with E-state index in [0.29, 0.717) is 16.6 Å². The molecule has 0 aliphatic heterocycles. The summed E-state index contributed by atoms with van der Waals surface area (Å²) >= 11 is 1.34. The molecular formula is C21H21N3O5S. The Bertz CT molecular complexity index is 1100. The van der Waals surface area contributed by atoms with Gasteiger partial charge in [-0.05, 0) is 37.1 Å². The number of benzene rings is 2. The minimum absolute atomic E-state index is 0.0826. The highest BCUT2D eigenvalue weighted by molar-refractivity contribution is 7.14. The lowest BCUT2D eigenvalue weighted by Gasteiger charge is -2.21. The van der Waals surface area contributed by atoms with Crippen molar-refractivity contribution >= 4 is 33.8 Å². The minimum atomic E-state index is -0.497. The fraction of sp³-hybridized carbons (Fsp3) is 0.238. The molecule has 0 saturated carbocycles. The van der Waals surface area contributed by atoms with E-state index in [1.54, 1.807) is 4.90 Å². The molecule has 0 fully saturated rings. The van der Waals surface area contributed by atoms with Crippen LogP contribution in [-0.2, 0) is 11.4 Å². The van der Waals surface area contributed by atoms with Crippen molar-refractivity contribution in [2.24, 2.45) is 0 Å². The molecule has 0 saturated heterocycles. The van der Waals surface area contributed by atoms with Crippen molar-refractivity contribution in [3.63, 3.8) is 0 Å². The third-order valence-corrected chi connectivity index (χ3v) is 5.47. The Labute approximate surface area is 177 Å². The number of rotatable bonds is 7. The van der Waals surface area contributed by atoms with Gasteiger partial charge < -0.3 is 9.47 Å². The van der Waals surface area contributed by atoms with Crippen molar-refractivity contribution in [1.29, 1.82) is 0 Å². The predicted molar refractivity (Wildman–Crippen MR) is 115 cm³/mol. The van der Waals surface area contributed by atoms with Crippen LogP contribution in [0.3, 0.4) is 0 Å². The van der Waals surface area contributed by atoms with Gasteiger partial charge in [0, 0.05) is 18.4 Å². The number of nitro benzene ring substituents is 1. The van der Waals surface area contributed by atoms with E-state index in [1.165, 1.54) is 43.6 Å². The van der Waals surface area contributed by atoms with Gasteiger partial charge in [0.1, 0.15) is 6.61 Å². The first-order valence-electron chi connectivity index (χ1n) is 9.08. The normalized spacial score (nSPS) is 10.5. The van der Waals surface area contributed by atoms with Crippen LogP contribution in [0.15, 0.2) is 41.8 Å². The maximum absolute atomic E-state index is 12.4. The average Bonchev–Trinajstić information content (AvgIpc) is 3.17. The molecule has 1 amide bonds. The molecule has 8 nitrogen and oxygen atoms in total. The summed E-state index contributed by atoms with van der Waals surface area (Å²) in [5.74, 6) is 0.499. The molecule has 0 bridgehead atoms. The van der Waals surface area contributed by atoms with Crippen molar-refractivity contribution in [3.8, 4) is 11.5 Å². The van der Waals surface area contributed by atoms with Gasteiger partial charge in [0.15, 0.2) is 16.6 Å². The molecule has 1 aromatic heterocycles. The molecule has 30 heavy (non-hydrogen) atoms. The van der Waals surface area contributed by atoms with Crippen LogP contribution in [0.4, 0.5) is 16.5 Å². The summed E-state index contributed by atoms with van der Waals surface area (Å²) in [7, 11) is 1.42. The first-order valence-corrected chi connectivity index (χ1v) is 9.96. The summed E-state index contributed by atoms with van der Waals surface area (Å²) in [6, 6.07) is 9.94. The van der Waals surface area contributed by atoms with Crippen LogP contribution in [0.25, 0.3) is 0 Å². The average molecular weight is 427 g/mol. The van der Waals surface area contributed by atoms with Crippen molar-refractivity contribution in [2.45, 2.75) is 27.4 Å². The topological polar surface area (TPSA) is 94.8 Å². The smallest absolute Gasteiger partial charge is 0.273 e. The van der Waals surface area contributed by atoms with E-state index >= 15 is 0 Å². The largest absolute Gasteiger partial charge is 0.493 e. The number of nitrogens with zero attached hydrogens (tertiary/aromatic N) is 3. The summed E-state index contributed by atoms with van der Waals surface area (Å²) in [5, 5.41) is 13.3. The number of amides is 1. The second kappa shape index (κ2) is 8.91. The molecule has 3 aromatic rings. The van der Waals surface area contributed by atoms with Gasteiger partial charge in [-0.3, -0.25) is 19.8 Å². The summed E-state index contributed by atoms with van der Waals surface area (Å²) in [5.41, 5.74) is 3.44. The van der Waals surface area contributed by atoms with Crippen LogP contribution >= 0.6 is 11.3 Å². The van der Waals surface area contributed by atoms with Gasteiger partial charge in [-0.15, -0.1) is 11.3 Å². The van der Waals surface area contributed by atoms with Gasteiger partial charge in [-0.2, -0.15) is 0 Å². The number of non-ortho nitro benzene ring substituents is 1. The molecule has 0 aliphatic carbocycles. The van der Waals surface area contributed by atoms with Gasteiger partial charge in [-0.1, -0.05) is 12.1 Å². The highest BCUT2D eigenvalue weighted by atomic mass is 32.1. The van der Waals surface area contributed by atoms with E-state index in [2.05, 4.69) is 4.98 Å². The first kappa shape index (κ1) is 21.3. The van der Waals surface area contributed by atoms with E-state index in [0.717, 1.165) is 16.8 Å². The van der Waals surface area contributed by atoms with E-state index in [-0.39, 0.29) is 24.0 Å². The maximum Gasteiger partial charge on any atom is 0.273 e. The van der Waals surface area contributed by atoms with Crippen molar-refractivity contribution in [3.05, 3.63) is 68.7 Å². The molecule has 0 aliphatic rings. The molecule has 0 atom stereocenters. The third kappa shape index (κ3) is 4.41. The summed E-state index contributed by atoms with van der Waals surface area (Å²) in [6.07, 6.45) is 0. The third-order valence-electron chi connectivity index (χ3n) is 4.60. The van der Waals surface area contributed by atoms with Crippen LogP contribution < -0.4 is 14.4 Å². The number of nitro groups is 1. The zero-order valence-corrected chi connectivity index (χ0v) is 17.9. The number of aromatic nitrogens is 1. The predicted octanol–water partition coefficient (Wildman–Crippen LogP) is 4.94. The Hall–Kier alpha value is -3.46. The fourth-order valence-corrected chi connectivity index (χ4v) is 3.76. The number of carbonyl (C=O) groups excluding carboxylic acids is 1. The number of anilines is 2. The van der Waals surface area contributed by atoms with Gasteiger partial charge in [-0.25, -0.2) is 4.98 Å². The Morgan fingerprint density at radius 2 is 2.00 bits per heavy atom. The number of hydrogen-bond acceptors (Lipinski definition) is 7. The lowest BCUT2D eigenvalue weighted by molar-refractivity contribution is -0.385. The molecule has 0 radical (unpaired) electrons. The minimum Gasteiger partial charge on any atom is -0.493 e. The Balaban J connectivity index is 1.81. The molecule has 156 valence electrons. The second-order valence-corrected chi connectivity index (χ2v) is 7.41. The van der Waals surface area contributed by atoms with Crippen LogP contribution in [0, 0.1) is 24.0 Å². The number of carbonyl (C=O) groups is 1. The highest BCUT2D eigenvalue weighted by Crippen LogP contribution is 2.34. The van der Waals surface area contributed by atoms with Gasteiger partial charge in [0.05, 0.1) is 29.5 Å². The Kier molecular flexibility index (Phi) is 6.31. The first-order chi connectivity index (χ1) is 14.3. The van der Waals surface area contributed by atoms with Gasteiger partial charge >= 0.3 is 0 Å². The number of ether oxygens (including phenoxy) is 2. The van der Waals surface area contributed by atoms with Crippen molar-refractivity contribution < 1.29 is 19.2 Å². The molecule has 0 N–H and O–H groups in total. The molecule has 1 heterocycles. The van der Waals surface area contributed by atoms with Crippen LogP contribution in [-0.4, -0.2) is 22.9 Å². The number of thiazole rings is 1. The van der Waals surface area contributed by atoms with Gasteiger partial charge in [0.2, 0.25) is 5.91 Å². The summed E-state index contributed by atoms with van der Waals surface area (Å²) in [4.78, 5) is 28.9. The number of methoxy groups -OCH3 is 1. The Morgan fingerprint density at radius 3 is 2.67 bits per heavy atom. The second-order valence-electron chi connectivity index (χ2n) is 6.58. The lowest BCUT2D eigenvalue weighted by Crippen LogP contribution is -2.23.